The Bertz CT molecular complexity index is 1350. The Morgan fingerprint density at radius 2 is 0.701 bits per heavy atom. The Balaban J connectivity index is 3.90. The van der Waals surface area contributed by atoms with Crippen LogP contribution in [0, 0.1) is 0 Å². The number of phosphoric acid groups is 1. The van der Waals surface area contributed by atoms with Crippen LogP contribution in [0.25, 0.3) is 0 Å². The molecule has 0 aliphatic heterocycles. The molecule has 0 aromatic rings. The first-order valence-electron chi connectivity index (χ1n) is 33.5. The van der Waals surface area contributed by atoms with E-state index in [0.717, 1.165) is 51.4 Å². The van der Waals surface area contributed by atoms with Crippen molar-refractivity contribution in [1.29, 1.82) is 0 Å². The Morgan fingerprint density at radius 3 is 1.05 bits per heavy atom. The lowest BCUT2D eigenvalue weighted by Gasteiger charge is -2.28. The van der Waals surface area contributed by atoms with Crippen LogP contribution in [-0.2, 0) is 32.7 Å². The van der Waals surface area contributed by atoms with E-state index < -0.39 is 26.5 Å². The van der Waals surface area contributed by atoms with Gasteiger partial charge in [-0.1, -0.05) is 308 Å². The molecule has 0 aliphatic rings. The number of phosphoric ester groups is 1. The number of hydrogen-bond acceptors (Lipinski definition) is 8. The van der Waals surface area contributed by atoms with Crippen LogP contribution in [0.1, 0.15) is 341 Å². The fraction of sp³-hybridized carbons (Fsp3) is 0.910. The summed E-state index contributed by atoms with van der Waals surface area (Å²) < 4.78 is 34.2. The van der Waals surface area contributed by atoms with Crippen molar-refractivity contribution in [2.45, 2.75) is 347 Å². The topological polar surface area (TPSA) is 111 Å². The van der Waals surface area contributed by atoms with E-state index in [0.29, 0.717) is 17.4 Å². The van der Waals surface area contributed by atoms with Crippen LogP contribution >= 0.6 is 7.82 Å². The molecule has 2 atom stereocenters. The van der Waals surface area contributed by atoms with Crippen molar-refractivity contribution in [3.63, 3.8) is 0 Å². The molecule has 0 amide bonds. The van der Waals surface area contributed by atoms with Crippen LogP contribution in [0.15, 0.2) is 24.3 Å². The fourth-order valence-corrected chi connectivity index (χ4v) is 10.8. The molecule has 9 nitrogen and oxygen atoms in total. The molecule has 456 valence electrons. The number of rotatable bonds is 63. The number of quaternary nitrogens is 1. The van der Waals surface area contributed by atoms with Crippen molar-refractivity contribution in [2.24, 2.45) is 0 Å². The van der Waals surface area contributed by atoms with Gasteiger partial charge in [0.05, 0.1) is 27.7 Å². The predicted molar refractivity (Wildman–Crippen MR) is 328 cm³/mol. The molecule has 0 N–H and O–H groups in total. The molecule has 0 saturated heterocycles. The highest BCUT2D eigenvalue weighted by Gasteiger charge is 2.22. The Hall–Kier alpha value is -1.51. The number of nitrogens with zero attached hydrogens (tertiary/aromatic N) is 1. The highest BCUT2D eigenvalue weighted by Crippen LogP contribution is 2.38. The normalized spacial score (nSPS) is 13.3. The molecule has 0 spiro atoms. The number of ether oxygens (including phenoxy) is 2. The largest absolute Gasteiger partial charge is 0.756 e. The first kappa shape index (κ1) is 75.5. The van der Waals surface area contributed by atoms with Gasteiger partial charge in [0.25, 0.3) is 7.82 Å². The van der Waals surface area contributed by atoms with Crippen LogP contribution in [0.2, 0.25) is 0 Å². The Labute approximate surface area is 479 Å². The van der Waals surface area contributed by atoms with Crippen molar-refractivity contribution < 1.29 is 42.1 Å². The standard InChI is InChI=1S/C67H130NO8P/c1-6-8-10-12-14-16-18-20-22-24-25-26-27-28-29-30-31-32-33-34-35-36-37-38-39-40-41-42-44-45-47-49-51-53-55-57-59-66(69)73-63-65(64-75-77(71,72)74-62-61-68(3,4)5)76-67(70)60-58-56-54-52-50-48-46-43-23-21-19-17-15-13-11-9-7-2/h15,17,21,23,65H,6-14,16,18-20,22,24-64H2,1-5H3/b17-15-,23-21-. The summed E-state index contributed by atoms with van der Waals surface area (Å²) in [4.78, 5) is 37.9. The summed E-state index contributed by atoms with van der Waals surface area (Å²) in [5, 5.41) is 0. The molecule has 0 saturated carbocycles. The minimum Gasteiger partial charge on any atom is -0.756 e. The highest BCUT2D eigenvalue weighted by atomic mass is 31.2. The summed E-state index contributed by atoms with van der Waals surface area (Å²) in [6, 6.07) is 0. The van der Waals surface area contributed by atoms with E-state index in [1.54, 1.807) is 0 Å². The van der Waals surface area contributed by atoms with Gasteiger partial charge in [-0.15, -0.1) is 0 Å². The van der Waals surface area contributed by atoms with E-state index in [-0.39, 0.29) is 32.0 Å². The van der Waals surface area contributed by atoms with Gasteiger partial charge in [-0.25, -0.2) is 0 Å². The quantitative estimate of drug-likeness (QED) is 0.0195. The molecular formula is C67H130NO8P. The molecule has 0 aliphatic carbocycles. The van der Waals surface area contributed by atoms with Crippen LogP contribution in [-0.4, -0.2) is 70.0 Å². The molecule has 10 heteroatoms. The van der Waals surface area contributed by atoms with E-state index in [2.05, 4.69) is 38.2 Å². The smallest absolute Gasteiger partial charge is 0.306 e. The maximum absolute atomic E-state index is 12.8. The highest BCUT2D eigenvalue weighted by molar-refractivity contribution is 7.45. The summed E-state index contributed by atoms with van der Waals surface area (Å²) in [5.74, 6) is -0.825. The average molecular weight is 1110 g/mol. The van der Waals surface area contributed by atoms with Crippen LogP contribution in [0.5, 0.6) is 0 Å². The lowest BCUT2D eigenvalue weighted by Crippen LogP contribution is -2.37. The van der Waals surface area contributed by atoms with Gasteiger partial charge in [0.15, 0.2) is 6.10 Å². The number of unbranched alkanes of at least 4 members (excludes halogenated alkanes) is 45. The summed E-state index contributed by atoms with van der Waals surface area (Å²) >= 11 is 0. The maximum Gasteiger partial charge on any atom is 0.306 e. The number of allylic oxidation sites excluding steroid dienone is 4. The number of likely N-dealkylation sites (N-methyl/N-ethyl adjacent to an activating group) is 1. The maximum atomic E-state index is 12.8. The van der Waals surface area contributed by atoms with E-state index in [4.69, 9.17) is 18.5 Å². The molecule has 0 aromatic heterocycles. The Kier molecular flexibility index (Phi) is 58.0. The zero-order valence-corrected chi connectivity index (χ0v) is 52.8. The van der Waals surface area contributed by atoms with E-state index in [1.807, 2.05) is 21.1 Å². The Morgan fingerprint density at radius 1 is 0.403 bits per heavy atom. The summed E-state index contributed by atoms with van der Waals surface area (Å²) in [6.07, 6.45) is 72.7. The second-order valence-corrected chi connectivity index (χ2v) is 25.6. The first-order valence-corrected chi connectivity index (χ1v) is 35.0. The van der Waals surface area contributed by atoms with Crippen molar-refractivity contribution >= 4 is 19.8 Å². The van der Waals surface area contributed by atoms with Gasteiger partial charge in [-0.3, -0.25) is 14.2 Å². The minimum absolute atomic E-state index is 0.0301. The van der Waals surface area contributed by atoms with Gasteiger partial charge in [0, 0.05) is 12.8 Å². The molecule has 77 heavy (non-hydrogen) atoms. The van der Waals surface area contributed by atoms with Crippen molar-refractivity contribution in [2.75, 3.05) is 47.5 Å². The second kappa shape index (κ2) is 59.1. The molecular weight excluding hydrogens is 978 g/mol. The van der Waals surface area contributed by atoms with Gasteiger partial charge in [0.1, 0.15) is 19.8 Å². The first-order chi connectivity index (χ1) is 37.5. The fourth-order valence-electron chi connectivity index (χ4n) is 10.0. The monoisotopic (exact) mass is 1110 g/mol. The van der Waals surface area contributed by atoms with Gasteiger partial charge in [-0.2, -0.15) is 0 Å². The third-order valence-corrected chi connectivity index (χ3v) is 16.2. The van der Waals surface area contributed by atoms with Gasteiger partial charge >= 0.3 is 11.9 Å². The van der Waals surface area contributed by atoms with Gasteiger partial charge in [0.2, 0.25) is 0 Å². The van der Waals surface area contributed by atoms with Crippen LogP contribution in [0.4, 0.5) is 0 Å². The lowest BCUT2D eigenvalue weighted by molar-refractivity contribution is -0.870. The third kappa shape index (κ3) is 63.5. The number of hydrogen-bond donors (Lipinski definition) is 0. The molecule has 2 unspecified atom stereocenters. The summed E-state index contributed by atoms with van der Waals surface area (Å²) in [6.45, 7) is 4.26. The molecule has 0 heterocycles. The zero-order valence-electron chi connectivity index (χ0n) is 51.9. The van der Waals surface area contributed by atoms with Crippen molar-refractivity contribution in [3.05, 3.63) is 24.3 Å². The summed E-state index contributed by atoms with van der Waals surface area (Å²) in [7, 11) is 1.18. The predicted octanol–water partition coefficient (Wildman–Crippen LogP) is 20.7. The van der Waals surface area contributed by atoms with E-state index >= 15 is 0 Å². The number of esters is 2. The zero-order chi connectivity index (χ0) is 56.3. The van der Waals surface area contributed by atoms with Gasteiger partial charge < -0.3 is 27.9 Å². The van der Waals surface area contributed by atoms with E-state index in [9.17, 15) is 19.0 Å². The van der Waals surface area contributed by atoms with Crippen molar-refractivity contribution in [3.8, 4) is 0 Å². The molecule has 0 fully saturated rings. The number of carbonyl (C=O) groups excluding carboxylic acids is 2. The van der Waals surface area contributed by atoms with Crippen LogP contribution < -0.4 is 4.89 Å². The lowest BCUT2D eigenvalue weighted by atomic mass is 10.0. The summed E-state index contributed by atoms with van der Waals surface area (Å²) in [5.41, 5.74) is 0. The number of carbonyl (C=O) groups is 2. The molecule has 0 rings (SSSR count). The minimum atomic E-state index is -4.64. The van der Waals surface area contributed by atoms with Crippen LogP contribution in [0.3, 0.4) is 0 Å². The SMILES string of the molecule is CCCCC/C=C\C/C=C\CCCCCCCCCC(=O)OC(COC(=O)CCCCCCCCCCCCCCCCCCCCCCCCCCCCCCCCCCCCCC)COP(=O)([O-])OCC[N+](C)(C)C. The third-order valence-electron chi connectivity index (χ3n) is 15.2. The molecule has 0 aromatic carbocycles. The van der Waals surface area contributed by atoms with E-state index in [1.165, 1.54) is 257 Å². The second-order valence-electron chi connectivity index (χ2n) is 24.2. The average Bonchev–Trinajstić information content (AvgIpc) is 3.39. The molecule has 0 bridgehead atoms. The van der Waals surface area contributed by atoms with Gasteiger partial charge in [-0.05, 0) is 44.9 Å². The molecule has 0 radical (unpaired) electrons. The van der Waals surface area contributed by atoms with Crippen molar-refractivity contribution in [1.82, 2.24) is 0 Å².